The third kappa shape index (κ3) is 60.7. The lowest BCUT2D eigenvalue weighted by Crippen LogP contribution is -2.30. The lowest BCUT2D eigenvalue weighted by Gasteiger charge is -2.18. The molecule has 0 N–H and O–H groups in total. The number of allylic oxidation sites excluding steroid dienone is 20. The van der Waals surface area contributed by atoms with Crippen LogP contribution in [-0.2, 0) is 28.6 Å². The normalized spacial score (nSPS) is 12.9. The zero-order chi connectivity index (χ0) is 55.0. The zero-order valence-corrected chi connectivity index (χ0v) is 49.5. The van der Waals surface area contributed by atoms with Gasteiger partial charge in [0.25, 0.3) is 0 Å². The number of hydrogen-bond donors (Lipinski definition) is 0. The van der Waals surface area contributed by atoms with Gasteiger partial charge in [0.05, 0.1) is 0 Å². The van der Waals surface area contributed by atoms with Crippen LogP contribution in [0.15, 0.2) is 122 Å². The third-order valence-corrected chi connectivity index (χ3v) is 13.2. The SMILES string of the molecule is CC/C=C\C/C=C\C/C=C\C/C=C\C/C=C\CCCCCCCCCCCC(=O)OCC(COC(=O)CCCCCCCCCC)OC(=O)CCCCCCCCCCC/C=C\C/C=C\C/C=C\C/C=C\C/C=C\CC. The number of carbonyl (C=O) groups excluding carboxylic acids is 3. The molecule has 1 unspecified atom stereocenters. The van der Waals surface area contributed by atoms with Crippen molar-refractivity contribution < 1.29 is 28.6 Å². The average molecular weight is 1050 g/mol. The molecule has 6 heteroatoms. The van der Waals surface area contributed by atoms with Crippen LogP contribution >= 0.6 is 0 Å². The molecule has 0 rings (SSSR count). The van der Waals surface area contributed by atoms with Gasteiger partial charge < -0.3 is 14.2 Å². The summed E-state index contributed by atoms with van der Waals surface area (Å²) in [5.41, 5.74) is 0. The van der Waals surface area contributed by atoms with E-state index in [9.17, 15) is 14.4 Å². The minimum absolute atomic E-state index is 0.0828. The third-order valence-electron chi connectivity index (χ3n) is 13.2. The molecule has 6 nitrogen and oxygen atoms in total. The first-order valence-electron chi connectivity index (χ1n) is 31.5. The van der Waals surface area contributed by atoms with E-state index < -0.39 is 6.10 Å². The van der Waals surface area contributed by atoms with Gasteiger partial charge in [0.15, 0.2) is 6.10 Å². The van der Waals surface area contributed by atoms with Crippen LogP contribution in [0.5, 0.6) is 0 Å². The fourth-order valence-corrected chi connectivity index (χ4v) is 8.56. The van der Waals surface area contributed by atoms with E-state index in [4.69, 9.17) is 14.2 Å². The van der Waals surface area contributed by atoms with E-state index in [1.807, 2.05) is 0 Å². The maximum Gasteiger partial charge on any atom is 0.306 e. The smallest absolute Gasteiger partial charge is 0.306 e. The van der Waals surface area contributed by atoms with Gasteiger partial charge in [0, 0.05) is 19.3 Å². The largest absolute Gasteiger partial charge is 0.462 e. The number of rotatable bonds is 56. The fraction of sp³-hybridized carbons (Fsp3) is 0.671. The van der Waals surface area contributed by atoms with E-state index in [0.29, 0.717) is 19.3 Å². The van der Waals surface area contributed by atoms with Crippen LogP contribution in [0.3, 0.4) is 0 Å². The first-order valence-corrected chi connectivity index (χ1v) is 31.5. The molecule has 0 saturated carbocycles. The highest BCUT2D eigenvalue weighted by molar-refractivity contribution is 5.71. The summed E-state index contributed by atoms with van der Waals surface area (Å²) in [4.78, 5) is 38.2. The molecular weight excluding hydrogens is 937 g/mol. The van der Waals surface area contributed by atoms with E-state index in [1.165, 1.54) is 109 Å². The quantitative estimate of drug-likeness (QED) is 0.0261. The van der Waals surface area contributed by atoms with Gasteiger partial charge in [-0.1, -0.05) is 277 Å². The van der Waals surface area contributed by atoms with E-state index >= 15 is 0 Å². The van der Waals surface area contributed by atoms with Crippen LogP contribution in [0.4, 0.5) is 0 Å². The monoisotopic (exact) mass is 1050 g/mol. The molecule has 0 spiro atoms. The molecule has 0 aliphatic carbocycles. The minimum Gasteiger partial charge on any atom is -0.462 e. The van der Waals surface area contributed by atoms with Crippen LogP contribution in [-0.4, -0.2) is 37.2 Å². The van der Waals surface area contributed by atoms with Crippen molar-refractivity contribution in [1.29, 1.82) is 0 Å². The number of unbranched alkanes of at least 4 members (excludes halogenated alkanes) is 25. The molecule has 0 aliphatic heterocycles. The van der Waals surface area contributed by atoms with Gasteiger partial charge in [0.2, 0.25) is 0 Å². The second kappa shape index (κ2) is 63.3. The molecule has 0 aromatic rings. The Labute approximate surface area is 469 Å². The number of ether oxygens (including phenoxy) is 3. The molecule has 0 amide bonds. The predicted octanol–water partition coefficient (Wildman–Crippen LogP) is 21.6. The molecule has 1 atom stereocenters. The Morgan fingerprint density at radius 2 is 0.513 bits per heavy atom. The lowest BCUT2D eigenvalue weighted by atomic mass is 10.1. The van der Waals surface area contributed by atoms with Crippen molar-refractivity contribution in [3.05, 3.63) is 122 Å². The van der Waals surface area contributed by atoms with E-state index in [0.717, 1.165) is 135 Å². The van der Waals surface area contributed by atoms with Crippen LogP contribution in [0.1, 0.15) is 284 Å². The first kappa shape index (κ1) is 71.8. The molecule has 0 saturated heterocycles. The van der Waals surface area contributed by atoms with Crippen molar-refractivity contribution in [2.24, 2.45) is 0 Å². The van der Waals surface area contributed by atoms with Crippen LogP contribution < -0.4 is 0 Å². The van der Waals surface area contributed by atoms with Crippen LogP contribution in [0.2, 0.25) is 0 Å². The second-order valence-electron chi connectivity index (χ2n) is 20.6. The Bertz CT molecular complexity index is 1590. The highest BCUT2D eigenvalue weighted by atomic mass is 16.6. The summed E-state index contributed by atoms with van der Waals surface area (Å²) < 4.78 is 16.9. The highest BCUT2D eigenvalue weighted by Crippen LogP contribution is 2.16. The summed E-state index contributed by atoms with van der Waals surface area (Å²) in [7, 11) is 0. The van der Waals surface area contributed by atoms with Gasteiger partial charge in [-0.2, -0.15) is 0 Å². The Balaban J connectivity index is 4.23. The number of esters is 3. The van der Waals surface area contributed by atoms with Crippen molar-refractivity contribution in [2.75, 3.05) is 13.2 Å². The van der Waals surface area contributed by atoms with E-state index in [1.54, 1.807) is 0 Å². The molecule has 0 aliphatic rings. The Hall–Kier alpha value is -4.19. The summed E-state index contributed by atoms with van der Waals surface area (Å²) >= 11 is 0. The molecule has 0 fully saturated rings. The molecule has 0 radical (unpaired) electrons. The first-order chi connectivity index (χ1) is 37.5. The molecule has 0 aromatic carbocycles. The number of hydrogen-bond acceptors (Lipinski definition) is 6. The Morgan fingerprint density at radius 1 is 0.276 bits per heavy atom. The average Bonchev–Trinajstić information content (AvgIpc) is 3.42. The van der Waals surface area contributed by atoms with Gasteiger partial charge in [-0.15, -0.1) is 0 Å². The molecular formula is C70H116O6. The zero-order valence-electron chi connectivity index (χ0n) is 49.5. The molecule has 0 heterocycles. The summed E-state index contributed by atoms with van der Waals surface area (Å²) in [6, 6.07) is 0. The maximum absolute atomic E-state index is 12.9. The summed E-state index contributed by atoms with van der Waals surface area (Å²) in [5.74, 6) is -0.896. The summed E-state index contributed by atoms with van der Waals surface area (Å²) in [5, 5.41) is 0. The molecule has 76 heavy (non-hydrogen) atoms. The van der Waals surface area contributed by atoms with Crippen molar-refractivity contribution in [2.45, 2.75) is 290 Å². The van der Waals surface area contributed by atoms with Crippen molar-refractivity contribution in [1.82, 2.24) is 0 Å². The van der Waals surface area contributed by atoms with Crippen molar-refractivity contribution in [3.8, 4) is 0 Å². The molecule has 432 valence electrons. The maximum atomic E-state index is 12.9. The topological polar surface area (TPSA) is 78.9 Å². The Kier molecular flexibility index (Phi) is 59.9. The highest BCUT2D eigenvalue weighted by Gasteiger charge is 2.19. The second-order valence-corrected chi connectivity index (χ2v) is 20.6. The minimum atomic E-state index is -0.785. The van der Waals surface area contributed by atoms with Crippen LogP contribution in [0.25, 0.3) is 0 Å². The van der Waals surface area contributed by atoms with E-state index in [-0.39, 0.29) is 31.1 Å². The molecule has 0 aromatic heterocycles. The lowest BCUT2D eigenvalue weighted by molar-refractivity contribution is -0.167. The van der Waals surface area contributed by atoms with Gasteiger partial charge in [-0.05, 0) is 109 Å². The Morgan fingerprint density at radius 3 is 0.803 bits per heavy atom. The van der Waals surface area contributed by atoms with Gasteiger partial charge in [-0.3, -0.25) is 14.4 Å². The summed E-state index contributed by atoms with van der Waals surface area (Å²) in [6.45, 7) is 6.38. The van der Waals surface area contributed by atoms with Gasteiger partial charge in [0.1, 0.15) is 13.2 Å². The molecule has 0 bridgehead atoms. The van der Waals surface area contributed by atoms with Crippen molar-refractivity contribution >= 4 is 17.9 Å². The predicted molar refractivity (Wildman–Crippen MR) is 330 cm³/mol. The van der Waals surface area contributed by atoms with Crippen molar-refractivity contribution in [3.63, 3.8) is 0 Å². The van der Waals surface area contributed by atoms with E-state index in [2.05, 4.69) is 142 Å². The van der Waals surface area contributed by atoms with Gasteiger partial charge in [-0.25, -0.2) is 0 Å². The standard InChI is InChI=1S/C70H116O6/c1-4-7-10-13-16-19-21-23-25-27-29-31-33-35-37-39-41-43-45-47-49-51-54-57-60-63-69(72)75-66-67(65-74-68(71)62-59-56-53-18-15-12-9-6-3)76-70(73)64-61-58-55-52-50-48-46-44-42-40-38-36-34-32-30-28-26-24-22-20-17-14-11-8-5-2/h7-8,10-11,16-17,19-20,23-26,29-32,35-38,67H,4-6,9,12-15,18,21-22,27-28,33-34,39-66H2,1-3H3/b10-7-,11-8-,19-16-,20-17-,25-23-,26-24-,31-29-,32-30-,37-35-,38-36-. The van der Waals surface area contributed by atoms with Crippen LogP contribution in [0, 0.1) is 0 Å². The fourth-order valence-electron chi connectivity index (χ4n) is 8.56. The number of carbonyl (C=O) groups is 3. The van der Waals surface area contributed by atoms with Gasteiger partial charge >= 0.3 is 17.9 Å². The summed E-state index contributed by atoms with van der Waals surface area (Å²) in [6.07, 6.45) is 87.8.